The van der Waals surface area contributed by atoms with Crippen molar-refractivity contribution in [3.8, 4) is 5.06 Å². The van der Waals surface area contributed by atoms with Crippen LogP contribution in [-0.4, -0.2) is 29.7 Å². The predicted octanol–water partition coefficient (Wildman–Crippen LogP) is 3.22. The van der Waals surface area contributed by atoms with Gasteiger partial charge in [-0.05, 0) is 37.0 Å². The van der Waals surface area contributed by atoms with E-state index < -0.39 is 6.04 Å². The second-order valence-electron chi connectivity index (χ2n) is 7.35. The molecular weight excluding hydrogens is 379 g/mol. The van der Waals surface area contributed by atoms with Gasteiger partial charge in [0.25, 0.3) is 0 Å². The Hall–Kier alpha value is -2.09. The lowest BCUT2D eigenvalue weighted by molar-refractivity contribution is -0.134. The third-order valence-corrected chi connectivity index (χ3v) is 6.37. The Morgan fingerprint density at radius 3 is 2.82 bits per heavy atom. The van der Waals surface area contributed by atoms with Crippen LogP contribution in [0.25, 0.3) is 0 Å². The lowest BCUT2D eigenvalue weighted by atomic mass is 9.95. The molecule has 7 heteroatoms. The smallest absolute Gasteiger partial charge is 0.313 e. The SMILES string of the molecule is NCCC(=O)Oc1cc2c(s1)CCN(C(C(=O)C1CC1)c1ccccc1F)C2. The van der Waals surface area contributed by atoms with Crippen molar-refractivity contribution >= 4 is 23.1 Å². The number of carbonyl (C=O) groups excluding carboxylic acids is 2. The summed E-state index contributed by atoms with van der Waals surface area (Å²) in [5, 5.41) is 0.557. The fraction of sp³-hybridized carbons (Fsp3) is 0.429. The fourth-order valence-corrected chi connectivity index (χ4v) is 4.72. The molecule has 2 aliphatic rings. The number of fused-ring (bicyclic) bond motifs is 1. The Labute approximate surface area is 167 Å². The maximum absolute atomic E-state index is 14.5. The summed E-state index contributed by atoms with van der Waals surface area (Å²) in [5.74, 6) is -0.528. The van der Waals surface area contributed by atoms with E-state index in [0.29, 0.717) is 23.7 Å². The van der Waals surface area contributed by atoms with Gasteiger partial charge < -0.3 is 10.5 Å². The molecule has 1 unspecified atom stereocenters. The van der Waals surface area contributed by atoms with Crippen molar-refractivity contribution in [2.24, 2.45) is 11.7 Å². The molecule has 28 heavy (non-hydrogen) atoms. The molecular formula is C21H23FN2O3S. The zero-order valence-corrected chi connectivity index (χ0v) is 16.3. The lowest BCUT2D eigenvalue weighted by Crippen LogP contribution is -2.38. The molecule has 0 bridgehead atoms. The first kappa shape index (κ1) is 19.2. The van der Waals surface area contributed by atoms with Crippen molar-refractivity contribution in [1.29, 1.82) is 0 Å². The van der Waals surface area contributed by atoms with Gasteiger partial charge in [0.15, 0.2) is 10.8 Å². The second kappa shape index (κ2) is 8.11. The normalized spacial score (nSPS) is 17.8. The number of nitrogens with two attached hydrogens (primary N) is 1. The van der Waals surface area contributed by atoms with Gasteiger partial charge in [0.1, 0.15) is 5.82 Å². The highest BCUT2D eigenvalue weighted by atomic mass is 32.1. The average Bonchev–Trinajstić information content (AvgIpc) is 3.44. The van der Waals surface area contributed by atoms with Gasteiger partial charge in [0.2, 0.25) is 0 Å². The highest BCUT2D eigenvalue weighted by Gasteiger charge is 2.40. The summed E-state index contributed by atoms with van der Waals surface area (Å²) in [6.45, 7) is 1.46. The molecule has 1 aromatic heterocycles. The highest BCUT2D eigenvalue weighted by Crippen LogP contribution is 2.41. The minimum atomic E-state index is -0.565. The topological polar surface area (TPSA) is 72.6 Å². The van der Waals surface area contributed by atoms with Gasteiger partial charge in [-0.25, -0.2) is 4.39 Å². The molecule has 4 rings (SSSR count). The molecule has 0 spiro atoms. The fourth-order valence-electron chi connectivity index (χ4n) is 3.70. The van der Waals surface area contributed by atoms with Crippen LogP contribution in [0, 0.1) is 11.7 Å². The molecule has 2 aromatic rings. The summed E-state index contributed by atoms with van der Waals surface area (Å²) in [5.41, 5.74) is 6.88. The first-order valence-electron chi connectivity index (χ1n) is 9.61. The number of hydrogen-bond donors (Lipinski definition) is 1. The van der Waals surface area contributed by atoms with Gasteiger partial charge in [-0.15, -0.1) is 11.3 Å². The Kier molecular flexibility index (Phi) is 5.57. The van der Waals surface area contributed by atoms with Crippen LogP contribution in [0.15, 0.2) is 30.3 Å². The number of ketones is 1. The zero-order chi connectivity index (χ0) is 19.7. The number of Topliss-reactive ketones (excluding diaryl/α,β-unsaturated/α-hetero) is 1. The van der Waals surface area contributed by atoms with Crippen LogP contribution in [0.1, 0.15) is 41.3 Å². The Bertz CT molecular complexity index is 894. The quantitative estimate of drug-likeness (QED) is 0.720. The van der Waals surface area contributed by atoms with Crippen LogP contribution in [0.5, 0.6) is 5.06 Å². The highest BCUT2D eigenvalue weighted by molar-refractivity contribution is 7.14. The van der Waals surface area contributed by atoms with Crippen LogP contribution in [0.2, 0.25) is 0 Å². The molecule has 5 nitrogen and oxygen atoms in total. The van der Waals surface area contributed by atoms with Crippen LogP contribution in [0.3, 0.4) is 0 Å². The van der Waals surface area contributed by atoms with E-state index in [0.717, 1.165) is 29.7 Å². The Balaban J connectivity index is 1.57. The van der Waals surface area contributed by atoms with Crippen molar-refractivity contribution in [2.45, 2.75) is 38.3 Å². The third-order valence-electron chi connectivity index (χ3n) is 5.25. The minimum Gasteiger partial charge on any atom is -0.415 e. The van der Waals surface area contributed by atoms with E-state index in [1.54, 1.807) is 18.2 Å². The van der Waals surface area contributed by atoms with Crippen LogP contribution in [-0.2, 0) is 22.6 Å². The van der Waals surface area contributed by atoms with Gasteiger partial charge in [-0.1, -0.05) is 18.2 Å². The first-order chi connectivity index (χ1) is 13.6. The molecule has 0 radical (unpaired) electrons. The van der Waals surface area contributed by atoms with Gasteiger partial charge >= 0.3 is 5.97 Å². The van der Waals surface area contributed by atoms with Crippen LogP contribution < -0.4 is 10.5 Å². The summed E-state index contributed by atoms with van der Waals surface area (Å²) in [6.07, 6.45) is 2.71. The zero-order valence-electron chi connectivity index (χ0n) is 15.5. The molecule has 148 valence electrons. The largest absolute Gasteiger partial charge is 0.415 e. The summed E-state index contributed by atoms with van der Waals surface area (Å²) in [7, 11) is 0. The van der Waals surface area contributed by atoms with Gasteiger partial charge in [0.05, 0.1) is 12.5 Å². The second-order valence-corrected chi connectivity index (χ2v) is 8.45. The van der Waals surface area contributed by atoms with Crippen molar-refractivity contribution in [3.63, 3.8) is 0 Å². The number of carbonyl (C=O) groups is 2. The summed E-state index contributed by atoms with van der Waals surface area (Å²) < 4.78 is 19.9. The van der Waals surface area contributed by atoms with E-state index in [1.165, 1.54) is 17.4 Å². The van der Waals surface area contributed by atoms with Gasteiger partial charge in [-0.3, -0.25) is 14.5 Å². The van der Waals surface area contributed by atoms with E-state index in [2.05, 4.69) is 4.90 Å². The van der Waals surface area contributed by atoms with Crippen molar-refractivity contribution in [2.75, 3.05) is 13.1 Å². The predicted molar refractivity (Wildman–Crippen MR) is 105 cm³/mol. The standard InChI is InChI=1S/C21H23FN2O3S/c22-16-4-2-1-3-15(16)20(21(26)13-5-6-13)24-10-8-17-14(12-24)11-19(28-17)27-18(25)7-9-23/h1-4,11,13,20H,5-10,12,23H2. The molecule has 1 fully saturated rings. The first-order valence-corrected chi connectivity index (χ1v) is 10.4. The van der Waals surface area contributed by atoms with E-state index >= 15 is 0 Å². The Morgan fingerprint density at radius 1 is 1.32 bits per heavy atom. The van der Waals surface area contributed by atoms with E-state index in [9.17, 15) is 14.0 Å². The number of thiophene rings is 1. The summed E-state index contributed by atoms with van der Waals surface area (Å²) in [4.78, 5) is 27.9. The van der Waals surface area contributed by atoms with Crippen molar-refractivity contribution in [1.82, 2.24) is 4.90 Å². The number of rotatable bonds is 7. The number of nitrogens with zero attached hydrogens (tertiary/aromatic N) is 1. The van der Waals surface area contributed by atoms with E-state index in [-0.39, 0.29) is 36.5 Å². The number of halogens is 1. The number of esters is 1. The van der Waals surface area contributed by atoms with Crippen molar-refractivity contribution in [3.05, 3.63) is 52.2 Å². The maximum atomic E-state index is 14.5. The van der Waals surface area contributed by atoms with Crippen LogP contribution in [0.4, 0.5) is 4.39 Å². The summed E-state index contributed by atoms with van der Waals surface area (Å²) >= 11 is 1.46. The Morgan fingerprint density at radius 2 is 2.11 bits per heavy atom. The lowest BCUT2D eigenvalue weighted by Gasteiger charge is -2.34. The molecule has 2 heterocycles. The molecule has 1 atom stereocenters. The van der Waals surface area contributed by atoms with Gasteiger partial charge in [0, 0.05) is 36.0 Å². The molecule has 1 aliphatic heterocycles. The van der Waals surface area contributed by atoms with Gasteiger partial charge in [-0.2, -0.15) is 0 Å². The molecule has 1 aromatic carbocycles. The molecule has 1 saturated carbocycles. The molecule has 0 amide bonds. The maximum Gasteiger partial charge on any atom is 0.313 e. The third kappa shape index (κ3) is 4.01. The number of ether oxygens (including phenoxy) is 1. The summed E-state index contributed by atoms with van der Waals surface area (Å²) in [6, 6.07) is 7.85. The minimum absolute atomic E-state index is 0.0428. The molecule has 1 aliphatic carbocycles. The average molecular weight is 402 g/mol. The number of hydrogen-bond acceptors (Lipinski definition) is 6. The molecule has 2 N–H and O–H groups in total. The molecule has 0 saturated heterocycles. The number of benzene rings is 1. The van der Waals surface area contributed by atoms with E-state index in [4.69, 9.17) is 10.5 Å². The monoisotopic (exact) mass is 402 g/mol. The van der Waals surface area contributed by atoms with E-state index in [1.807, 2.05) is 6.07 Å². The van der Waals surface area contributed by atoms with Crippen molar-refractivity contribution < 1.29 is 18.7 Å². The van der Waals surface area contributed by atoms with Crippen LogP contribution >= 0.6 is 11.3 Å².